The van der Waals surface area contributed by atoms with Gasteiger partial charge < -0.3 is 4.90 Å². The summed E-state index contributed by atoms with van der Waals surface area (Å²) >= 11 is 0. The first-order valence-corrected chi connectivity index (χ1v) is 9.06. The van der Waals surface area contributed by atoms with Gasteiger partial charge in [-0.1, -0.05) is 6.07 Å². The van der Waals surface area contributed by atoms with Crippen LogP contribution in [0.4, 0.5) is 0 Å². The summed E-state index contributed by atoms with van der Waals surface area (Å²) in [5.74, 6) is 0.117. The molecule has 2 aliphatic heterocycles. The van der Waals surface area contributed by atoms with Crippen LogP contribution in [0.1, 0.15) is 35.3 Å². The lowest BCUT2D eigenvalue weighted by Gasteiger charge is -2.40. The van der Waals surface area contributed by atoms with E-state index in [1.807, 2.05) is 35.4 Å². The summed E-state index contributed by atoms with van der Waals surface area (Å²) in [5.41, 5.74) is 2.06. The van der Waals surface area contributed by atoms with E-state index in [0.717, 1.165) is 44.8 Å². The van der Waals surface area contributed by atoms with Crippen molar-refractivity contribution in [2.75, 3.05) is 26.2 Å². The van der Waals surface area contributed by atoms with Crippen molar-refractivity contribution in [3.05, 3.63) is 60.2 Å². The fourth-order valence-electron chi connectivity index (χ4n) is 4.28. The summed E-state index contributed by atoms with van der Waals surface area (Å²) in [6, 6.07) is 9.78. The predicted octanol–water partition coefficient (Wildman–Crippen LogP) is 2.60. The molecule has 0 aromatic carbocycles. The summed E-state index contributed by atoms with van der Waals surface area (Å²) in [6.45, 7) is 4.79. The Morgan fingerprint density at radius 1 is 1.08 bits per heavy atom. The molecule has 4 rings (SSSR count). The Kier molecular flexibility index (Phi) is 4.49. The van der Waals surface area contributed by atoms with Crippen LogP contribution < -0.4 is 0 Å². The molecule has 2 fully saturated rings. The van der Waals surface area contributed by atoms with Gasteiger partial charge in [0, 0.05) is 50.2 Å². The van der Waals surface area contributed by atoms with Gasteiger partial charge in [-0.25, -0.2) is 0 Å². The van der Waals surface area contributed by atoms with E-state index in [2.05, 4.69) is 20.9 Å². The molecule has 0 bridgehead atoms. The molecule has 5 nitrogen and oxygen atoms in total. The zero-order valence-electron chi connectivity index (χ0n) is 14.5. The van der Waals surface area contributed by atoms with Gasteiger partial charge in [0.05, 0.1) is 11.3 Å². The van der Waals surface area contributed by atoms with E-state index >= 15 is 0 Å². The summed E-state index contributed by atoms with van der Waals surface area (Å²) < 4.78 is 0. The van der Waals surface area contributed by atoms with Crippen molar-refractivity contribution in [1.29, 1.82) is 0 Å². The van der Waals surface area contributed by atoms with Crippen molar-refractivity contribution in [3.63, 3.8) is 0 Å². The van der Waals surface area contributed by atoms with Gasteiger partial charge in [-0.3, -0.25) is 19.7 Å². The van der Waals surface area contributed by atoms with Crippen molar-refractivity contribution in [3.8, 4) is 0 Å². The Hall–Kier alpha value is -2.27. The molecule has 1 unspecified atom stereocenters. The van der Waals surface area contributed by atoms with Gasteiger partial charge in [0.15, 0.2) is 0 Å². The Labute approximate surface area is 148 Å². The van der Waals surface area contributed by atoms with Crippen molar-refractivity contribution in [2.45, 2.75) is 25.8 Å². The Morgan fingerprint density at radius 2 is 2.04 bits per heavy atom. The van der Waals surface area contributed by atoms with Gasteiger partial charge in [-0.15, -0.1) is 0 Å². The average molecular weight is 336 g/mol. The third kappa shape index (κ3) is 3.56. The summed E-state index contributed by atoms with van der Waals surface area (Å²) in [5, 5.41) is 0. The van der Waals surface area contributed by atoms with Crippen LogP contribution in [0.5, 0.6) is 0 Å². The van der Waals surface area contributed by atoms with Crippen LogP contribution >= 0.6 is 0 Å². The normalized spacial score (nSPS) is 23.9. The SMILES string of the molecule is O=C(c1cccnc1)N1CCC2(CCCN(Cc3ccccn3)C2)C1. The molecule has 2 saturated heterocycles. The highest BCUT2D eigenvalue weighted by atomic mass is 16.2. The van der Waals surface area contributed by atoms with E-state index in [-0.39, 0.29) is 11.3 Å². The molecule has 0 radical (unpaired) electrons. The quantitative estimate of drug-likeness (QED) is 0.864. The predicted molar refractivity (Wildman–Crippen MR) is 95.9 cm³/mol. The van der Waals surface area contributed by atoms with Crippen LogP contribution in [-0.2, 0) is 6.54 Å². The number of hydrogen-bond donors (Lipinski definition) is 0. The topological polar surface area (TPSA) is 49.3 Å². The Balaban J connectivity index is 1.41. The minimum absolute atomic E-state index is 0.117. The molecule has 2 aromatic rings. The van der Waals surface area contributed by atoms with E-state index < -0.39 is 0 Å². The average Bonchev–Trinajstić information content (AvgIpc) is 3.06. The highest BCUT2D eigenvalue weighted by Gasteiger charge is 2.42. The van der Waals surface area contributed by atoms with Gasteiger partial charge in [-0.2, -0.15) is 0 Å². The number of aromatic nitrogens is 2. The maximum absolute atomic E-state index is 12.7. The second-order valence-electron chi connectivity index (χ2n) is 7.35. The zero-order valence-corrected chi connectivity index (χ0v) is 14.5. The first kappa shape index (κ1) is 16.2. The van der Waals surface area contributed by atoms with E-state index in [1.54, 1.807) is 12.4 Å². The second-order valence-corrected chi connectivity index (χ2v) is 7.35. The van der Waals surface area contributed by atoms with Crippen molar-refractivity contribution < 1.29 is 4.79 Å². The molecule has 130 valence electrons. The smallest absolute Gasteiger partial charge is 0.255 e. The van der Waals surface area contributed by atoms with Crippen molar-refractivity contribution in [2.24, 2.45) is 5.41 Å². The largest absolute Gasteiger partial charge is 0.338 e. The van der Waals surface area contributed by atoms with Crippen molar-refractivity contribution >= 4 is 5.91 Å². The van der Waals surface area contributed by atoms with Crippen LogP contribution in [-0.4, -0.2) is 51.9 Å². The number of likely N-dealkylation sites (tertiary alicyclic amines) is 2. The molecule has 0 N–H and O–H groups in total. The Morgan fingerprint density at radius 3 is 2.84 bits per heavy atom. The van der Waals surface area contributed by atoms with E-state index in [4.69, 9.17) is 0 Å². The zero-order chi connectivity index (χ0) is 17.1. The minimum Gasteiger partial charge on any atom is -0.338 e. The molecular weight excluding hydrogens is 312 g/mol. The number of carbonyl (C=O) groups is 1. The van der Waals surface area contributed by atoms with E-state index in [9.17, 15) is 4.79 Å². The maximum atomic E-state index is 12.7. The van der Waals surface area contributed by atoms with Gasteiger partial charge in [0.25, 0.3) is 5.91 Å². The lowest BCUT2D eigenvalue weighted by molar-refractivity contribution is 0.0672. The fourth-order valence-corrected chi connectivity index (χ4v) is 4.28. The number of nitrogens with zero attached hydrogens (tertiary/aromatic N) is 4. The van der Waals surface area contributed by atoms with Gasteiger partial charge in [-0.05, 0) is 50.1 Å². The molecule has 1 spiro atoms. The number of rotatable bonds is 3. The molecule has 4 heterocycles. The number of hydrogen-bond acceptors (Lipinski definition) is 4. The van der Waals surface area contributed by atoms with Crippen LogP contribution in [0, 0.1) is 5.41 Å². The van der Waals surface area contributed by atoms with Crippen LogP contribution in [0.2, 0.25) is 0 Å². The molecule has 2 aromatic heterocycles. The number of amides is 1. The molecule has 2 aliphatic rings. The first-order valence-electron chi connectivity index (χ1n) is 9.06. The van der Waals surface area contributed by atoms with E-state index in [1.165, 1.54) is 12.8 Å². The molecule has 1 amide bonds. The second kappa shape index (κ2) is 6.92. The number of carbonyl (C=O) groups excluding carboxylic acids is 1. The van der Waals surface area contributed by atoms with Crippen LogP contribution in [0.3, 0.4) is 0 Å². The summed E-state index contributed by atoms with van der Waals surface area (Å²) in [7, 11) is 0. The van der Waals surface area contributed by atoms with Crippen LogP contribution in [0.15, 0.2) is 48.9 Å². The maximum Gasteiger partial charge on any atom is 0.255 e. The minimum atomic E-state index is 0.117. The molecule has 0 aliphatic carbocycles. The molecule has 5 heteroatoms. The van der Waals surface area contributed by atoms with E-state index in [0.29, 0.717) is 5.56 Å². The summed E-state index contributed by atoms with van der Waals surface area (Å²) in [4.78, 5) is 25.8. The van der Waals surface area contributed by atoms with Gasteiger partial charge in [0.2, 0.25) is 0 Å². The molecular formula is C20H24N4O. The monoisotopic (exact) mass is 336 g/mol. The molecule has 1 atom stereocenters. The van der Waals surface area contributed by atoms with Crippen molar-refractivity contribution in [1.82, 2.24) is 19.8 Å². The molecule has 25 heavy (non-hydrogen) atoms. The fraction of sp³-hybridized carbons (Fsp3) is 0.450. The first-order chi connectivity index (χ1) is 12.2. The third-order valence-electron chi connectivity index (χ3n) is 5.49. The van der Waals surface area contributed by atoms with Crippen LogP contribution in [0.25, 0.3) is 0 Å². The number of pyridine rings is 2. The number of piperidine rings is 1. The summed E-state index contributed by atoms with van der Waals surface area (Å²) in [6.07, 6.45) is 8.74. The highest BCUT2D eigenvalue weighted by Crippen LogP contribution is 2.39. The highest BCUT2D eigenvalue weighted by molar-refractivity contribution is 5.94. The Bertz CT molecular complexity index is 721. The standard InChI is InChI=1S/C20H24N4O/c25-19(17-5-3-9-21-13-17)24-12-8-20(16-24)7-4-11-23(15-20)14-18-6-1-2-10-22-18/h1-3,5-6,9-10,13H,4,7-8,11-12,14-16H2. The van der Waals surface area contributed by atoms with Gasteiger partial charge in [0.1, 0.15) is 0 Å². The lowest BCUT2D eigenvalue weighted by atomic mass is 9.79. The third-order valence-corrected chi connectivity index (χ3v) is 5.49. The lowest BCUT2D eigenvalue weighted by Crippen LogP contribution is -2.45. The van der Waals surface area contributed by atoms with Gasteiger partial charge >= 0.3 is 0 Å². The molecule has 0 saturated carbocycles.